The fourth-order valence-corrected chi connectivity index (χ4v) is 4.93. The van der Waals surface area contributed by atoms with E-state index in [9.17, 15) is 9.59 Å². The van der Waals surface area contributed by atoms with Crippen LogP contribution in [0, 0.1) is 5.92 Å². The number of carbonyl (C=O) groups excluding carboxylic acids is 2. The number of piperidine rings is 1. The van der Waals surface area contributed by atoms with Crippen LogP contribution < -0.4 is 4.90 Å². The molecule has 6 nitrogen and oxygen atoms in total. The van der Waals surface area contributed by atoms with Gasteiger partial charge in [-0.2, -0.15) is 0 Å². The predicted molar refractivity (Wildman–Crippen MR) is 127 cm³/mol. The highest BCUT2D eigenvalue weighted by atomic mass is 16.5. The van der Waals surface area contributed by atoms with Crippen LogP contribution in [-0.2, 0) is 22.6 Å². The molecule has 2 aliphatic rings. The minimum Gasteiger partial charge on any atom is -0.451 e. The van der Waals surface area contributed by atoms with E-state index in [-0.39, 0.29) is 23.8 Å². The van der Waals surface area contributed by atoms with Gasteiger partial charge in [0, 0.05) is 42.2 Å². The second kappa shape index (κ2) is 9.02. The summed E-state index contributed by atoms with van der Waals surface area (Å²) in [6, 6.07) is 15.8. The van der Waals surface area contributed by atoms with Gasteiger partial charge >= 0.3 is 0 Å². The van der Waals surface area contributed by atoms with Crippen LogP contribution in [0.25, 0.3) is 11.0 Å². The molecule has 2 aliphatic heterocycles. The number of rotatable bonds is 5. The average molecular weight is 447 g/mol. The minimum absolute atomic E-state index is 0.0547. The second-order valence-electron chi connectivity index (χ2n) is 9.20. The number of hydrogen-bond donors (Lipinski definition) is 0. The lowest BCUT2D eigenvalue weighted by molar-refractivity contribution is -0.123. The highest BCUT2D eigenvalue weighted by Gasteiger charge is 2.35. The van der Waals surface area contributed by atoms with Crippen molar-refractivity contribution in [2.75, 3.05) is 24.5 Å². The van der Waals surface area contributed by atoms with Gasteiger partial charge in [0.1, 0.15) is 5.58 Å². The van der Waals surface area contributed by atoms with Gasteiger partial charge in [0.15, 0.2) is 5.76 Å². The predicted octanol–water partition coefficient (Wildman–Crippen LogP) is 4.80. The molecule has 1 aromatic heterocycles. The Morgan fingerprint density at radius 1 is 1.03 bits per heavy atom. The van der Waals surface area contributed by atoms with E-state index in [1.165, 1.54) is 5.56 Å². The third-order valence-electron chi connectivity index (χ3n) is 6.74. The Morgan fingerprint density at radius 3 is 2.55 bits per heavy atom. The van der Waals surface area contributed by atoms with E-state index >= 15 is 0 Å². The number of amides is 2. The van der Waals surface area contributed by atoms with E-state index in [1.807, 2.05) is 66.1 Å². The van der Waals surface area contributed by atoms with Crippen LogP contribution in [0.3, 0.4) is 0 Å². The molecule has 33 heavy (non-hydrogen) atoms. The van der Waals surface area contributed by atoms with E-state index in [4.69, 9.17) is 9.15 Å². The molecule has 0 atom stereocenters. The van der Waals surface area contributed by atoms with Crippen molar-refractivity contribution in [3.05, 3.63) is 65.4 Å². The molecule has 3 aromatic rings. The van der Waals surface area contributed by atoms with Gasteiger partial charge in [-0.15, -0.1) is 0 Å². The van der Waals surface area contributed by atoms with E-state index < -0.39 is 0 Å². The maximum atomic E-state index is 13.4. The van der Waals surface area contributed by atoms with Crippen molar-refractivity contribution in [1.82, 2.24) is 4.90 Å². The lowest BCUT2D eigenvalue weighted by Gasteiger charge is -2.33. The Bertz CT molecular complexity index is 1170. The quantitative estimate of drug-likeness (QED) is 0.565. The van der Waals surface area contributed by atoms with Crippen molar-refractivity contribution in [1.29, 1.82) is 0 Å². The summed E-state index contributed by atoms with van der Waals surface area (Å²) in [6.07, 6.45) is 2.30. The molecule has 1 saturated heterocycles. The van der Waals surface area contributed by atoms with Crippen LogP contribution in [0.4, 0.5) is 5.69 Å². The Kier molecular flexibility index (Phi) is 5.94. The number of hydrogen-bond acceptors (Lipinski definition) is 4. The second-order valence-corrected chi connectivity index (χ2v) is 9.20. The Hall–Kier alpha value is -3.12. The van der Waals surface area contributed by atoms with Gasteiger partial charge in [-0.3, -0.25) is 9.59 Å². The lowest BCUT2D eigenvalue weighted by atomic mass is 9.95. The summed E-state index contributed by atoms with van der Waals surface area (Å²) in [7, 11) is 0. The van der Waals surface area contributed by atoms with Gasteiger partial charge in [0.25, 0.3) is 5.91 Å². The third kappa shape index (κ3) is 4.15. The van der Waals surface area contributed by atoms with Crippen LogP contribution in [0.1, 0.15) is 48.4 Å². The van der Waals surface area contributed by atoms with Gasteiger partial charge < -0.3 is 19.0 Å². The SMILES string of the molecule is CC(C)OCc1c(C(=O)N2CCC(C(=O)N3CCc4ccccc43)CC2)oc2ccccc12. The van der Waals surface area contributed by atoms with Crippen LogP contribution in [0.15, 0.2) is 52.9 Å². The molecule has 0 saturated carbocycles. The maximum absolute atomic E-state index is 13.4. The topological polar surface area (TPSA) is 63.0 Å². The summed E-state index contributed by atoms with van der Waals surface area (Å²) < 4.78 is 11.8. The number of nitrogens with zero attached hydrogens (tertiary/aromatic N) is 2. The summed E-state index contributed by atoms with van der Waals surface area (Å²) in [5, 5.41) is 0.916. The van der Waals surface area contributed by atoms with Gasteiger partial charge in [0.05, 0.1) is 12.7 Å². The first kappa shape index (κ1) is 21.7. The van der Waals surface area contributed by atoms with E-state index in [0.29, 0.717) is 43.9 Å². The van der Waals surface area contributed by atoms with Gasteiger partial charge in [0.2, 0.25) is 5.91 Å². The van der Waals surface area contributed by atoms with Gasteiger partial charge in [-0.25, -0.2) is 0 Å². The molecule has 3 heterocycles. The number of para-hydroxylation sites is 2. The van der Waals surface area contributed by atoms with Crippen molar-refractivity contribution in [2.24, 2.45) is 5.92 Å². The summed E-state index contributed by atoms with van der Waals surface area (Å²) >= 11 is 0. The Balaban J connectivity index is 1.29. The van der Waals surface area contributed by atoms with Crippen LogP contribution in [0.2, 0.25) is 0 Å². The number of carbonyl (C=O) groups is 2. The standard InChI is InChI=1S/C27H30N2O4/c1-18(2)32-17-22-21-8-4-6-10-24(21)33-25(22)27(31)28-14-11-20(12-15-28)26(30)29-16-13-19-7-3-5-9-23(19)29/h3-10,18,20H,11-17H2,1-2H3. The number of anilines is 1. The first-order chi connectivity index (χ1) is 16.0. The molecule has 0 radical (unpaired) electrons. The van der Waals surface area contributed by atoms with E-state index in [0.717, 1.165) is 29.6 Å². The monoisotopic (exact) mass is 446 g/mol. The molecular weight excluding hydrogens is 416 g/mol. The van der Waals surface area contributed by atoms with Crippen LogP contribution in [-0.4, -0.2) is 42.5 Å². The molecule has 2 amide bonds. The molecule has 0 N–H and O–H groups in total. The first-order valence-electron chi connectivity index (χ1n) is 11.8. The fourth-order valence-electron chi connectivity index (χ4n) is 4.93. The molecule has 5 rings (SSSR count). The fraction of sp³-hybridized carbons (Fsp3) is 0.407. The molecular formula is C27H30N2O4. The molecule has 2 aromatic carbocycles. The Morgan fingerprint density at radius 2 is 1.76 bits per heavy atom. The number of ether oxygens (including phenoxy) is 1. The zero-order valence-corrected chi connectivity index (χ0v) is 19.3. The molecule has 0 bridgehead atoms. The van der Waals surface area contributed by atoms with Crippen molar-refractivity contribution >= 4 is 28.5 Å². The largest absolute Gasteiger partial charge is 0.451 e. The number of benzene rings is 2. The molecule has 6 heteroatoms. The normalized spacial score (nSPS) is 16.6. The van der Waals surface area contributed by atoms with E-state index in [1.54, 1.807) is 0 Å². The summed E-state index contributed by atoms with van der Waals surface area (Å²) in [6.45, 7) is 6.13. The third-order valence-corrected chi connectivity index (χ3v) is 6.74. The molecule has 0 spiro atoms. The Labute approximate surface area is 194 Å². The number of fused-ring (bicyclic) bond motifs is 2. The molecule has 0 unspecified atom stereocenters. The lowest BCUT2D eigenvalue weighted by Crippen LogP contribution is -2.44. The summed E-state index contributed by atoms with van der Waals surface area (Å²) in [5.41, 5.74) is 3.77. The first-order valence-corrected chi connectivity index (χ1v) is 11.8. The summed E-state index contributed by atoms with van der Waals surface area (Å²) in [5.74, 6) is 0.363. The van der Waals surface area contributed by atoms with Crippen molar-refractivity contribution < 1.29 is 18.7 Å². The van der Waals surface area contributed by atoms with Crippen molar-refractivity contribution in [2.45, 2.75) is 45.8 Å². The van der Waals surface area contributed by atoms with Crippen LogP contribution in [0.5, 0.6) is 0 Å². The van der Waals surface area contributed by atoms with E-state index in [2.05, 4.69) is 6.07 Å². The highest BCUT2D eigenvalue weighted by molar-refractivity contribution is 6.00. The van der Waals surface area contributed by atoms with Crippen LogP contribution >= 0.6 is 0 Å². The zero-order chi connectivity index (χ0) is 22.9. The average Bonchev–Trinajstić information content (AvgIpc) is 3.43. The number of furan rings is 1. The highest BCUT2D eigenvalue weighted by Crippen LogP contribution is 2.32. The molecule has 0 aliphatic carbocycles. The zero-order valence-electron chi connectivity index (χ0n) is 19.3. The summed E-state index contributed by atoms with van der Waals surface area (Å²) in [4.78, 5) is 30.4. The van der Waals surface area contributed by atoms with Crippen molar-refractivity contribution in [3.8, 4) is 0 Å². The number of likely N-dealkylation sites (tertiary alicyclic amines) is 1. The van der Waals surface area contributed by atoms with Crippen molar-refractivity contribution in [3.63, 3.8) is 0 Å². The smallest absolute Gasteiger partial charge is 0.289 e. The van der Waals surface area contributed by atoms with Gasteiger partial charge in [-0.05, 0) is 50.8 Å². The molecule has 1 fully saturated rings. The molecule has 172 valence electrons. The maximum Gasteiger partial charge on any atom is 0.289 e. The minimum atomic E-state index is -0.119. The van der Waals surface area contributed by atoms with Gasteiger partial charge in [-0.1, -0.05) is 36.4 Å².